The SMILES string of the molecule is COc1cccc(C2=NC3(CCN(S(=O)(=O)c4ccc(C)cc4C)CC3)NC2=O)c1. The van der Waals surface area contributed by atoms with Crippen LogP contribution in [0.2, 0.25) is 0 Å². The summed E-state index contributed by atoms with van der Waals surface area (Å²) in [6.45, 7) is 4.34. The number of aryl methyl sites for hydroxylation is 2. The number of ether oxygens (including phenoxy) is 1. The summed E-state index contributed by atoms with van der Waals surface area (Å²) in [4.78, 5) is 17.6. The second-order valence-electron chi connectivity index (χ2n) is 7.85. The molecule has 0 aromatic heterocycles. The maximum absolute atomic E-state index is 13.1. The van der Waals surface area contributed by atoms with Gasteiger partial charge < -0.3 is 10.1 Å². The number of piperidine rings is 1. The fourth-order valence-electron chi connectivity index (χ4n) is 4.09. The Morgan fingerprint density at radius 2 is 1.83 bits per heavy atom. The van der Waals surface area contributed by atoms with Crippen LogP contribution >= 0.6 is 0 Å². The molecule has 2 heterocycles. The minimum atomic E-state index is -3.59. The largest absolute Gasteiger partial charge is 0.497 e. The van der Waals surface area contributed by atoms with Gasteiger partial charge in [-0.05, 0) is 37.6 Å². The van der Waals surface area contributed by atoms with E-state index in [1.165, 1.54) is 4.31 Å². The van der Waals surface area contributed by atoms with Crippen molar-refractivity contribution in [3.8, 4) is 5.75 Å². The molecule has 8 heteroatoms. The van der Waals surface area contributed by atoms with E-state index in [2.05, 4.69) is 5.32 Å². The number of sulfonamides is 1. The molecule has 0 radical (unpaired) electrons. The Kier molecular flexibility index (Phi) is 5.15. The van der Waals surface area contributed by atoms with Crippen LogP contribution in [0.5, 0.6) is 5.75 Å². The molecule has 1 amide bonds. The van der Waals surface area contributed by atoms with E-state index in [1.807, 2.05) is 44.2 Å². The molecule has 2 aliphatic rings. The van der Waals surface area contributed by atoms with Gasteiger partial charge in [0.2, 0.25) is 10.0 Å². The first-order valence-electron chi connectivity index (χ1n) is 9.88. The highest BCUT2D eigenvalue weighted by molar-refractivity contribution is 7.89. The number of aliphatic imine (C=N–C) groups is 1. The minimum absolute atomic E-state index is 0.242. The fourth-order valence-corrected chi connectivity index (χ4v) is 5.74. The molecule has 0 saturated carbocycles. The zero-order valence-electron chi connectivity index (χ0n) is 17.3. The van der Waals surface area contributed by atoms with Crippen LogP contribution in [-0.2, 0) is 14.8 Å². The topological polar surface area (TPSA) is 88.1 Å². The van der Waals surface area contributed by atoms with Crippen molar-refractivity contribution in [1.82, 2.24) is 9.62 Å². The summed E-state index contributed by atoms with van der Waals surface area (Å²) in [6.07, 6.45) is 0.854. The molecule has 158 valence electrons. The van der Waals surface area contributed by atoms with Crippen LogP contribution in [0.1, 0.15) is 29.5 Å². The van der Waals surface area contributed by atoms with Gasteiger partial charge >= 0.3 is 0 Å². The van der Waals surface area contributed by atoms with Crippen LogP contribution in [0.25, 0.3) is 0 Å². The van der Waals surface area contributed by atoms with E-state index < -0.39 is 15.7 Å². The van der Waals surface area contributed by atoms with Crippen molar-refractivity contribution in [1.29, 1.82) is 0 Å². The number of nitrogens with zero attached hydrogens (tertiary/aromatic N) is 2. The number of methoxy groups -OCH3 is 1. The highest BCUT2D eigenvalue weighted by atomic mass is 32.2. The Bertz CT molecular complexity index is 1130. The lowest BCUT2D eigenvalue weighted by Gasteiger charge is -2.36. The van der Waals surface area contributed by atoms with Gasteiger partial charge in [0.1, 0.15) is 17.1 Å². The van der Waals surface area contributed by atoms with Crippen molar-refractivity contribution in [2.24, 2.45) is 4.99 Å². The van der Waals surface area contributed by atoms with Crippen LogP contribution in [0.15, 0.2) is 52.4 Å². The monoisotopic (exact) mass is 427 g/mol. The Morgan fingerprint density at radius 3 is 2.50 bits per heavy atom. The first kappa shape index (κ1) is 20.6. The molecule has 0 bridgehead atoms. The summed E-state index contributed by atoms with van der Waals surface area (Å²) in [5.41, 5.74) is 2.05. The van der Waals surface area contributed by atoms with Crippen LogP contribution < -0.4 is 10.1 Å². The maximum atomic E-state index is 13.1. The second-order valence-corrected chi connectivity index (χ2v) is 9.76. The van der Waals surface area contributed by atoms with E-state index >= 15 is 0 Å². The summed E-state index contributed by atoms with van der Waals surface area (Å²) in [5, 5.41) is 2.98. The highest BCUT2D eigenvalue weighted by Gasteiger charge is 2.44. The van der Waals surface area contributed by atoms with Crippen molar-refractivity contribution >= 4 is 21.6 Å². The average Bonchev–Trinajstić information content (AvgIpc) is 3.03. The van der Waals surface area contributed by atoms with E-state index in [1.54, 1.807) is 19.2 Å². The van der Waals surface area contributed by atoms with Crippen molar-refractivity contribution < 1.29 is 17.9 Å². The Labute approximate surface area is 176 Å². The van der Waals surface area contributed by atoms with Crippen LogP contribution in [-0.4, -0.2) is 50.2 Å². The summed E-state index contributed by atoms with van der Waals surface area (Å²) in [7, 11) is -2.02. The summed E-state index contributed by atoms with van der Waals surface area (Å²) in [6, 6.07) is 12.6. The molecule has 1 saturated heterocycles. The second kappa shape index (κ2) is 7.52. The maximum Gasteiger partial charge on any atom is 0.272 e. The smallest absolute Gasteiger partial charge is 0.272 e. The average molecular weight is 428 g/mol. The number of carbonyl (C=O) groups excluding carboxylic acids is 1. The van der Waals surface area contributed by atoms with Crippen LogP contribution in [0.4, 0.5) is 0 Å². The number of carbonyl (C=O) groups is 1. The molecule has 0 unspecified atom stereocenters. The number of amides is 1. The van der Waals surface area contributed by atoms with E-state index in [0.717, 1.165) is 11.1 Å². The molecule has 1 N–H and O–H groups in total. The third-order valence-electron chi connectivity index (χ3n) is 5.73. The Hall–Kier alpha value is -2.71. The minimum Gasteiger partial charge on any atom is -0.497 e. The molecule has 2 aliphatic heterocycles. The molecule has 1 fully saturated rings. The van der Waals surface area contributed by atoms with Crippen molar-refractivity contribution in [2.75, 3.05) is 20.2 Å². The fraction of sp³-hybridized carbons (Fsp3) is 0.364. The van der Waals surface area contributed by atoms with Gasteiger partial charge in [-0.15, -0.1) is 0 Å². The predicted molar refractivity (Wildman–Crippen MR) is 114 cm³/mol. The number of nitrogens with one attached hydrogen (secondary N) is 1. The van der Waals surface area contributed by atoms with E-state index in [4.69, 9.17) is 9.73 Å². The van der Waals surface area contributed by atoms with E-state index in [-0.39, 0.29) is 5.91 Å². The predicted octanol–water partition coefficient (Wildman–Crippen LogP) is 2.41. The number of benzene rings is 2. The lowest BCUT2D eigenvalue weighted by atomic mass is 10.00. The molecule has 30 heavy (non-hydrogen) atoms. The molecular formula is C22H25N3O4S. The van der Waals surface area contributed by atoms with Crippen molar-refractivity contribution in [2.45, 2.75) is 37.2 Å². The van der Waals surface area contributed by atoms with E-state index in [9.17, 15) is 13.2 Å². The van der Waals surface area contributed by atoms with E-state index in [0.29, 0.717) is 47.9 Å². The molecule has 0 aliphatic carbocycles. The first-order valence-corrected chi connectivity index (χ1v) is 11.3. The van der Waals surface area contributed by atoms with Gasteiger partial charge in [0.25, 0.3) is 5.91 Å². The van der Waals surface area contributed by atoms with Crippen LogP contribution in [0.3, 0.4) is 0 Å². The normalized spacial score (nSPS) is 18.9. The van der Waals surface area contributed by atoms with Crippen molar-refractivity contribution in [3.05, 3.63) is 59.2 Å². The molecule has 7 nitrogen and oxygen atoms in total. The molecule has 1 spiro atoms. The zero-order valence-corrected chi connectivity index (χ0v) is 18.1. The van der Waals surface area contributed by atoms with Gasteiger partial charge in [0.05, 0.1) is 12.0 Å². The van der Waals surface area contributed by atoms with Crippen LogP contribution in [0, 0.1) is 13.8 Å². The van der Waals surface area contributed by atoms with Gasteiger partial charge in [0, 0.05) is 31.5 Å². The summed E-state index contributed by atoms with van der Waals surface area (Å²) < 4.78 is 33.0. The molecule has 2 aromatic carbocycles. The van der Waals surface area contributed by atoms with Gasteiger partial charge in [-0.25, -0.2) is 8.42 Å². The molecule has 0 atom stereocenters. The summed E-state index contributed by atoms with van der Waals surface area (Å²) >= 11 is 0. The highest BCUT2D eigenvalue weighted by Crippen LogP contribution is 2.32. The lowest BCUT2D eigenvalue weighted by Crippen LogP contribution is -2.52. The quantitative estimate of drug-likeness (QED) is 0.812. The third kappa shape index (κ3) is 3.61. The Morgan fingerprint density at radius 1 is 1.10 bits per heavy atom. The Balaban J connectivity index is 1.55. The number of hydrogen-bond acceptors (Lipinski definition) is 5. The first-order chi connectivity index (χ1) is 14.2. The standard InChI is InChI=1S/C22H25N3O4S/c1-15-7-8-19(16(2)13-15)30(27,28)25-11-9-22(10-12-25)23-20(21(26)24-22)17-5-4-6-18(14-17)29-3/h4-8,13-14H,9-12H2,1-3H3,(H,24,26). The third-order valence-corrected chi connectivity index (χ3v) is 7.79. The van der Waals surface area contributed by atoms with Gasteiger partial charge in [-0.2, -0.15) is 4.31 Å². The molecule has 2 aromatic rings. The lowest BCUT2D eigenvalue weighted by molar-refractivity contribution is -0.115. The summed E-state index contributed by atoms with van der Waals surface area (Å²) in [5.74, 6) is 0.410. The zero-order chi connectivity index (χ0) is 21.5. The van der Waals surface area contributed by atoms with Gasteiger partial charge in [-0.1, -0.05) is 29.8 Å². The molecular weight excluding hydrogens is 402 g/mol. The van der Waals surface area contributed by atoms with Gasteiger partial charge in [-0.3, -0.25) is 9.79 Å². The number of hydrogen-bond donors (Lipinski definition) is 1. The number of rotatable bonds is 4. The van der Waals surface area contributed by atoms with Crippen molar-refractivity contribution in [3.63, 3.8) is 0 Å². The van der Waals surface area contributed by atoms with Gasteiger partial charge in [0.15, 0.2) is 0 Å². The molecule has 4 rings (SSSR count).